The van der Waals surface area contributed by atoms with Gasteiger partial charge in [-0.25, -0.2) is 0 Å². The van der Waals surface area contributed by atoms with Crippen LogP contribution in [-0.4, -0.2) is 15.6 Å². The van der Waals surface area contributed by atoms with Crippen molar-refractivity contribution in [3.63, 3.8) is 0 Å². The summed E-state index contributed by atoms with van der Waals surface area (Å²) in [5, 5.41) is 5.68. The Hall–Kier alpha value is -1.84. The molecule has 0 amide bonds. The van der Waals surface area contributed by atoms with Crippen molar-refractivity contribution >= 4 is 22.5 Å². The van der Waals surface area contributed by atoms with Crippen molar-refractivity contribution in [3.05, 3.63) is 64.1 Å². The van der Waals surface area contributed by atoms with Crippen LogP contribution in [0, 0.1) is 6.92 Å². The summed E-state index contributed by atoms with van der Waals surface area (Å²) in [6.45, 7) is 6.18. The molecule has 24 heavy (non-hydrogen) atoms. The van der Waals surface area contributed by atoms with Gasteiger partial charge in [0.1, 0.15) is 0 Å². The van der Waals surface area contributed by atoms with Crippen LogP contribution in [0.2, 0.25) is 5.02 Å². The Labute approximate surface area is 147 Å². The molecule has 3 heterocycles. The van der Waals surface area contributed by atoms with E-state index in [1.807, 2.05) is 19.2 Å². The van der Waals surface area contributed by atoms with Crippen LogP contribution >= 0.6 is 11.6 Å². The van der Waals surface area contributed by atoms with Gasteiger partial charge in [-0.15, -0.1) is 0 Å². The number of rotatable bonds is 3. The fourth-order valence-electron chi connectivity index (χ4n) is 3.66. The summed E-state index contributed by atoms with van der Waals surface area (Å²) in [5.41, 5.74) is 6.51. The fraction of sp³-hybridized carbons (Fsp3) is 0.350. The quantitative estimate of drug-likeness (QED) is 0.772. The van der Waals surface area contributed by atoms with E-state index in [2.05, 4.69) is 46.1 Å². The van der Waals surface area contributed by atoms with Gasteiger partial charge in [-0.1, -0.05) is 17.7 Å². The molecule has 0 saturated carbocycles. The molecule has 1 unspecified atom stereocenters. The lowest BCUT2D eigenvalue weighted by molar-refractivity contribution is 0.492. The number of pyridine rings is 1. The van der Waals surface area contributed by atoms with Crippen molar-refractivity contribution in [1.29, 1.82) is 0 Å². The van der Waals surface area contributed by atoms with Gasteiger partial charge in [0.05, 0.1) is 0 Å². The standard InChI is InChI=1S/C20H22ClN3/c1-13-3-4-15(11-22-13)7-8-24-19-6-5-16(21)10-17(19)18-12-23-14(2)9-20(18)24/h3-6,10-11,14,23H,7-9,12H2,1-2H3. The minimum Gasteiger partial charge on any atom is -0.344 e. The Kier molecular flexibility index (Phi) is 4.07. The summed E-state index contributed by atoms with van der Waals surface area (Å²) in [4.78, 5) is 4.42. The number of hydrogen-bond acceptors (Lipinski definition) is 2. The zero-order valence-electron chi connectivity index (χ0n) is 14.1. The van der Waals surface area contributed by atoms with E-state index in [0.717, 1.165) is 36.6 Å². The second-order valence-corrected chi connectivity index (χ2v) is 7.22. The predicted molar refractivity (Wildman–Crippen MR) is 99.6 cm³/mol. The van der Waals surface area contributed by atoms with Gasteiger partial charge >= 0.3 is 0 Å². The van der Waals surface area contributed by atoms with Gasteiger partial charge in [0.2, 0.25) is 0 Å². The molecule has 0 aliphatic carbocycles. The number of benzene rings is 1. The molecule has 2 aromatic heterocycles. The maximum absolute atomic E-state index is 6.25. The minimum absolute atomic E-state index is 0.511. The van der Waals surface area contributed by atoms with Crippen LogP contribution in [0.3, 0.4) is 0 Å². The average Bonchev–Trinajstić information content (AvgIpc) is 2.86. The lowest BCUT2D eigenvalue weighted by Gasteiger charge is -2.23. The average molecular weight is 340 g/mol. The summed E-state index contributed by atoms with van der Waals surface area (Å²) in [7, 11) is 0. The first-order valence-corrected chi connectivity index (χ1v) is 8.94. The zero-order valence-corrected chi connectivity index (χ0v) is 14.9. The molecule has 0 saturated heterocycles. The van der Waals surface area contributed by atoms with Gasteiger partial charge in [0.25, 0.3) is 0 Å². The number of hydrogen-bond donors (Lipinski definition) is 1. The lowest BCUT2D eigenvalue weighted by atomic mass is 10.0. The van der Waals surface area contributed by atoms with E-state index in [4.69, 9.17) is 11.6 Å². The topological polar surface area (TPSA) is 29.9 Å². The fourth-order valence-corrected chi connectivity index (χ4v) is 3.83. The third-order valence-electron chi connectivity index (χ3n) is 4.97. The molecule has 124 valence electrons. The number of aryl methyl sites for hydroxylation is 3. The van der Waals surface area contributed by atoms with Gasteiger partial charge in [-0.3, -0.25) is 4.98 Å². The number of aromatic nitrogens is 2. The summed E-state index contributed by atoms with van der Waals surface area (Å²) >= 11 is 6.25. The van der Waals surface area contributed by atoms with Gasteiger partial charge in [-0.2, -0.15) is 0 Å². The van der Waals surface area contributed by atoms with Crippen molar-refractivity contribution in [1.82, 2.24) is 14.9 Å². The maximum Gasteiger partial charge on any atom is 0.0487 e. The van der Waals surface area contributed by atoms with Crippen LogP contribution in [0.1, 0.15) is 29.4 Å². The third-order valence-corrected chi connectivity index (χ3v) is 5.21. The molecular weight excluding hydrogens is 318 g/mol. The minimum atomic E-state index is 0.511. The van der Waals surface area contributed by atoms with E-state index >= 15 is 0 Å². The largest absolute Gasteiger partial charge is 0.344 e. The van der Waals surface area contributed by atoms with Crippen molar-refractivity contribution in [2.24, 2.45) is 0 Å². The Balaban J connectivity index is 1.73. The van der Waals surface area contributed by atoms with Crippen LogP contribution in [-0.2, 0) is 25.9 Å². The molecule has 1 atom stereocenters. The van der Waals surface area contributed by atoms with Gasteiger partial charge in [-0.05, 0) is 55.7 Å². The molecule has 1 aromatic carbocycles. The first-order valence-electron chi connectivity index (χ1n) is 8.56. The molecule has 3 nitrogen and oxygen atoms in total. The van der Waals surface area contributed by atoms with E-state index in [-0.39, 0.29) is 0 Å². The van der Waals surface area contributed by atoms with Crippen molar-refractivity contribution < 1.29 is 0 Å². The van der Waals surface area contributed by atoms with E-state index < -0.39 is 0 Å². The van der Waals surface area contributed by atoms with Crippen LogP contribution in [0.15, 0.2) is 36.5 Å². The summed E-state index contributed by atoms with van der Waals surface area (Å²) in [6, 6.07) is 11.0. The second-order valence-electron chi connectivity index (χ2n) is 6.78. The Morgan fingerprint density at radius 3 is 2.96 bits per heavy atom. The second kappa shape index (κ2) is 6.23. The third kappa shape index (κ3) is 2.83. The molecule has 0 spiro atoms. The molecule has 1 aliphatic heterocycles. The molecule has 4 rings (SSSR count). The van der Waals surface area contributed by atoms with Crippen LogP contribution in [0.4, 0.5) is 0 Å². The van der Waals surface area contributed by atoms with Crippen molar-refractivity contribution in [3.8, 4) is 0 Å². The van der Waals surface area contributed by atoms with E-state index in [9.17, 15) is 0 Å². The van der Waals surface area contributed by atoms with Gasteiger partial charge in [0, 0.05) is 59.1 Å². The van der Waals surface area contributed by atoms with Gasteiger partial charge in [0.15, 0.2) is 0 Å². The molecular formula is C20H22ClN3. The smallest absolute Gasteiger partial charge is 0.0487 e. The van der Waals surface area contributed by atoms with Crippen LogP contribution < -0.4 is 5.32 Å². The monoisotopic (exact) mass is 339 g/mol. The van der Waals surface area contributed by atoms with E-state index in [1.54, 1.807) is 0 Å². The highest BCUT2D eigenvalue weighted by molar-refractivity contribution is 6.31. The Bertz CT molecular complexity index is 880. The first-order chi connectivity index (χ1) is 11.6. The lowest BCUT2D eigenvalue weighted by Crippen LogP contribution is -2.33. The molecule has 4 heteroatoms. The number of halogens is 1. The van der Waals surface area contributed by atoms with Crippen LogP contribution in [0.5, 0.6) is 0 Å². The summed E-state index contributed by atoms with van der Waals surface area (Å²) < 4.78 is 2.48. The van der Waals surface area contributed by atoms with E-state index in [0.29, 0.717) is 6.04 Å². The van der Waals surface area contributed by atoms with E-state index in [1.165, 1.54) is 27.7 Å². The molecule has 0 radical (unpaired) electrons. The molecule has 3 aromatic rings. The molecule has 1 aliphatic rings. The normalized spacial score (nSPS) is 17.2. The highest BCUT2D eigenvalue weighted by Gasteiger charge is 2.23. The van der Waals surface area contributed by atoms with Crippen LogP contribution in [0.25, 0.3) is 10.9 Å². The highest BCUT2D eigenvalue weighted by Crippen LogP contribution is 2.32. The van der Waals surface area contributed by atoms with Crippen molar-refractivity contribution in [2.75, 3.05) is 0 Å². The van der Waals surface area contributed by atoms with Crippen molar-refractivity contribution in [2.45, 2.75) is 45.8 Å². The first kappa shape index (κ1) is 15.7. The maximum atomic E-state index is 6.25. The number of fused-ring (bicyclic) bond motifs is 3. The van der Waals surface area contributed by atoms with Gasteiger partial charge < -0.3 is 9.88 Å². The number of nitrogens with zero attached hydrogens (tertiary/aromatic N) is 2. The Morgan fingerprint density at radius 2 is 2.17 bits per heavy atom. The summed E-state index contributed by atoms with van der Waals surface area (Å²) in [5.74, 6) is 0. The number of nitrogens with one attached hydrogen (secondary N) is 1. The SMILES string of the molecule is Cc1ccc(CCn2c3c(c4cc(Cl)ccc42)CNC(C)C3)cn1. The Morgan fingerprint density at radius 1 is 1.29 bits per heavy atom. The summed E-state index contributed by atoms with van der Waals surface area (Å²) in [6.07, 6.45) is 4.05. The zero-order chi connectivity index (χ0) is 16.7. The molecule has 1 N–H and O–H groups in total. The molecule has 0 fully saturated rings. The predicted octanol–water partition coefficient (Wildman–Crippen LogP) is 4.28. The highest BCUT2D eigenvalue weighted by atomic mass is 35.5. The molecule has 0 bridgehead atoms.